The summed E-state index contributed by atoms with van der Waals surface area (Å²) in [7, 11) is -4.44. The Morgan fingerprint density at radius 2 is 1.82 bits per heavy atom. The van der Waals surface area contributed by atoms with Gasteiger partial charge in [-0.2, -0.15) is 0 Å². The van der Waals surface area contributed by atoms with Crippen LogP contribution in [0.25, 0.3) is 0 Å². The van der Waals surface area contributed by atoms with E-state index in [1.165, 1.54) is 5.41 Å². The van der Waals surface area contributed by atoms with Crippen LogP contribution in [0.1, 0.15) is 6.92 Å². The van der Waals surface area contributed by atoms with Gasteiger partial charge in [-0.15, -0.1) is 11.0 Å². The molecule has 58 valence electrons. The van der Waals surface area contributed by atoms with E-state index in [-0.39, 0.29) is 18.9 Å². The predicted octanol–water partition coefficient (Wildman–Crippen LogP) is -3.33. The molecule has 0 aliphatic rings. The van der Waals surface area contributed by atoms with Crippen molar-refractivity contribution in [3.63, 3.8) is 0 Å². The molecule has 0 bridgehead atoms. The third-order valence-corrected chi connectivity index (χ3v) is 1.17. The van der Waals surface area contributed by atoms with Crippen LogP contribution in [0.15, 0.2) is 5.57 Å². The van der Waals surface area contributed by atoms with E-state index in [0.29, 0.717) is 0 Å². The van der Waals surface area contributed by atoms with Crippen molar-refractivity contribution in [1.29, 1.82) is 0 Å². The molecular weight excluding hydrogens is 167 g/mol. The minimum atomic E-state index is -4.44. The van der Waals surface area contributed by atoms with Crippen LogP contribution in [0.2, 0.25) is 0 Å². The van der Waals surface area contributed by atoms with Gasteiger partial charge in [0.05, 0.1) is 0 Å². The van der Waals surface area contributed by atoms with Crippen molar-refractivity contribution in [2.45, 2.75) is 6.92 Å². The quantitative estimate of drug-likeness (QED) is 0.197. The smallest absolute Gasteiger partial charge is 0.562 e. The van der Waals surface area contributed by atoms with Gasteiger partial charge in [-0.3, -0.25) is 4.55 Å². The van der Waals surface area contributed by atoms with Crippen LogP contribution in [0.3, 0.4) is 0 Å². The largest absolute Gasteiger partial charge is 1.00 e. The Hall–Kier alpha value is -0.283. The summed E-state index contributed by atoms with van der Waals surface area (Å²) < 4.78 is 27.8. The van der Waals surface area contributed by atoms with Gasteiger partial charge in [0.25, 0.3) is 0 Å². The predicted molar refractivity (Wildman–Crippen MR) is 31.6 cm³/mol. The summed E-state index contributed by atoms with van der Waals surface area (Å²) in [5.74, 6) is -1.43. The molecule has 5 nitrogen and oxygen atoms in total. The molecule has 0 radical (unpaired) electrons. The first-order valence-corrected chi connectivity index (χ1v) is 3.59. The van der Waals surface area contributed by atoms with Crippen LogP contribution < -0.4 is 18.9 Å². The van der Waals surface area contributed by atoms with Gasteiger partial charge < -0.3 is 9.90 Å². The molecule has 0 saturated carbocycles. The van der Waals surface area contributed by atoms with Crippen LogP contribution in [0, 0.1) is 5.41 Å². The van der Waals surface area contributed by atoms with E-state index in [0.717, 1.165) is 6.92 Å². The van der Waals surface area contributed by atoms with Crippen molar-refractivity contribution < 1.29 is 41.7 Å². The molecule has 0 rings (SSSR count). The monoisotopic (exact) mass is 172 g/mol. The Bertz CT molecular complexity index is 264. The number of hydrogen-bond donors (Lipinski definition) is 2. The molecule has 0 aliphatic carbocycles. The van der Waals surface area contributed by atoms with E-state index in [4.69, 9.17) is 9.66 Å². The van der Waals surface area contributed by atoms with Gasteiger partial charge in [0.2, 0.25) is 10.1 Å². The number of carbonyl (C=O) groups is 1. The first-order chi connectivity index (χ1) is 4.33. The Balaban J connectivity index is 0. The zero-order chi connectivity index (χ0) is 8.36. The van der Waals surface area contributed by atoms with Crippen LogP contribution in [0.4, 0.5) is 0 Å². The molecule has 0 aromatic heterocycles. The fourth-order valence-electron chi connectivity index (χ4n) is 0.237. The maximum Gasteiger partial charge on any atom is 1.00 e. The molecule has 11 heavy (non-hydrogen) atoms. The van der Waals surface area contributed by atoms with E-state index in [9.17, 15) is 13.2 Å². The van der Waals surface area contributed by atoms with E-state index < -0.39 is 21.7 Å². The minimum absolute atomic E-state index is 0. The van der Waals surface area contributed by atoms with Crippen molar-refractivity contribution in [3.05, 3.63) is 11.0 Å². The van der Waals surface area contributed by atoms with Gasteiger partial charge in [0.1, 0.15) is 0 Å². The van der Waals surface area contributed by atoms with E-state index in [1.54, 1.807) is 0 Å². The molecular formula is C4H5LiO5S. The fraction of sp³-hybridized carbons (Fsp3) is 0.250. The zero-order valence-corrected chi connectivity index (χ0v) is 6.84. The summed E-state index contributed by atoms with van der Waals surface area (Å²) >= 11 is 0. The van der Waals surface area contributed by atoms with Gasteiger partial charge in [0.15, 0.2) is 5.97 Å². The van der Waals surface area contributed by atoms with Crippen molar-refractivity contribution in [2.24, 2.45) is 0 Å². The van der Waals surface area contributed by atoms with Crippen molar-refractivity contribution in [2.75, 3.05) is 0 Å². The summed E-state index contributed by atoms with van der Waals surface area (Å²) in [5.41, 5.74) is -0.553. The molecule has 0 heterocycles. The van der Waals surface area contributed by atoms with E-state index in [2.05, 4.69) is 0 Å². The van der Waals surface area contributed by atoms with Crippen LogP contribution in [0.5, 0.6) is 0 Å². The second kappa shape index (κ2) is 4.57. The standard InChI is InChI=1S/C4H5O5S.Li/c1-3(4(5)6)2-10(7,8)9;/h1H3,(H,5,6)(H,7,8,9);/q-1;+1. The van der Waals surface area contributed by atoms with Crippen LogP contribution in [-0.2, 0) is 14.9 Å². The molecule has 0 fully saturated rings. The van der Waals surface area contributed by atoms with E-state index >= 15 is 0 Å². The number of carboxylic acid groups (broad SMARTS) is 1. The number of rotatable bonds is 2. The first-order valence-electron chi connectivity index (χ1n) is 2.15. The first kappa shape index (κ1) is 13.3. The average Bonchev–Trinajstić information content (AvgIpc) is 1.60. The fourth-order valence-corrected chi connectivity index (χ4v) is 0.711. The van der Waals surface area contributed by atoms with Crippen molar-refractivity contribution in [1.82, 2.24) is 0 Å². The molecule has 0 aromatic rings. The molecule has 0 aromatic carbocycles. The Morgan fingerprint density at radius 3 is 1.91 bits per heavy atom. The topological polar surface area (TPSA) is 91.7 Å². The van der Waals surface area contributed by atoms with Crippen LogP contribution in [-0.4, -0.2) is 24.0 Å². The summed E-state index contributed by atoms with van der Waals surface area (Å²) in [5, 5.41) is 9.43. The average molecular weight is 172 g/mol. The molecule has 0 saturated heterocycles. The van der Waals surface area contributed by atoms with Gasteiger partial charge in [-0.05, 0) is 0 Å². The summed E-state index contributed by atoms with van der Waals surface area (Å²) in [6, 6.07) is 0. The number of carboxylic acids is 1. The molecule has 0 spiro atoms. The maximum atomic E-state index is 9.91. The van der Waals surface area contributed by atoms with Crippen molar-refractivity contribution >= 4 is 16.1 Å². The third-order valence-electron chi connectivity index (χ3n) is 0.603. The summed E-state index contributed by atoms with van der Waals surface area (Å²) in [6.45, 7) is 1.01. The number of hydrogen-bond acceptors (Lipinski definition) is 3. The van der Waals surface area contributed by atoms with Gasteiger partial charge in [-0.1, -0.05) is 6.92 Å². The maximum absolute atomic E-state index is 9.91. The third kappa shape index (κ3) is 7.62. The second-order valence-corrected chi connectivity index (χ2v) is 2.66. The normalized spacial score (nSPS) is 12.0. The molecule has 0 aliphatic heterocycles. The second-order valence-electron chi connectivity index (χ2n) is 1.51. The Kier molecular flexibility index (Phi) is 5.53. The molecule has 0 unspecified atom stereocenters. The number of aliphatic carboxylic acids is 1. The molecule has 0 atom stereocenters. The van der Waals surface area contributed by atoms with Gasteiger partial charge in [0, 0.05) is 0 Å². The SMILES string of the molecule is CC(=[C-]S(=O)(=O)O)C(=O)O.[Li+]. The minimum Gasteiger partial charge on any atom is -0.562 e. The zero-order valence-electron chi connectivity index (χ0n) is 6.03. The van der Waals surface area contributed by atoms with E-state index in [1.807, 2.05) is 0 Å². The summed E-state index contributed by atoms with van der Waals surface area (Å²) in [6.07, 6.45) is 0. The summed E-state index contributed by atoms with van der Waals surface area (Å²) in [4.78, 5) is 9.90. The Morgan fingerprint density at radius 1 is 1.45 bits per heavy atom. The molecule has 7 heteroatoms. The van der Waals surface area contributed by atoms with Crippen LogP contribution >= 0.6 is 0 Å². The molecule has 0 amide bonds. The molecule has 2 N–H and O–H groups in total. The Labute approximate surface area is 76.0 Å². The van der Waals surface area contributed by atoms with Crippen molar-refractivity contribution in [3.8, 4) is 0 Å². The van der Waals surface area contributed by atoms with Gasteiger partial charge >= 0.3 is 18.9 Å². The van der Waals surface area contributed by atoms with Gasteiger partial charge in [-0.25, -0.2) is 8.42 Å².